The van der Waals surface area contributed by atoms with Crippen LogP contribution in [0.15, 0.2) is 24.3 Å². The maximum Gasteiger partial charge on any atom is 0.0733 e. The van der Waals surface area contributed by atoms with Gasteiger partial charge in [0, 0.05) is 25.5 Å². The Morgan fingerprint density at radius 1 is 1.24 bits per heavy atom. The molecule has 0 radical (unpaired) electrons. The number of para-hydroxylation sites is 1. The lowest BCUT2D eigenvalue weighted by Crippen LogP contribution is -2.27. The topological polar surface area (TPSA) is 30.5 Å². The van der Waals surface area contributed by atoms with E-state index in [1.165, 1.54) is 24.1 Å². The summed E-state index contributed by atoms with van der Waals surface area (Å²) < 4.78 is 10.5. The first kappa shape index (κ1) is 12.4. The Hall–Kier alpha value is -1.06. The zero-order valence-corrected chi connectivity index (χ0v) is 10.6. The smallest absolute Gasteiger partial charge is 0.0733 e. The Bertz CT molecular complexity index is 350. The van der Waals surface area contributed by atoms with Crippen LogP contribution in [0.5, 0.6) is 0 Å². The van der Waals surface area contributed by atoms with Gasteiger partial charge in [0.2, 0.25) is 0 Å². The molecule has 3 heteroatoms. The summed E-state index contributed by atoms with van der Waals surface area (Å²) in [5.41, 5.74) is 2.38. The van der Waals surface area contributed by atoms with Gasteiger partial charge in [0.1, 0.15) is 0 Å². The van der Waals surface area contributed by atoms with Gasteiger partial charge in [-0.25, -0.2) is 0 Å². The van der Waals surface area contributed by atoms with E-state index in [1.807, 2.05) is 6.07 Å². The Balaban J connectivity index is 2.04. The van der Waals surface area contributed by atoms with E-state index in [9.17, 15) is 0 Å². The summed E-state index contributed by atoms with van der Waals surface area (Å²) in [5, 5.41) is 3.59. The molecule has 1 fully saturated rings. The van der Waals surface area contributed by atoms with Crippen LogP contribution in [0, 0.1) is 5.92 Å². The van der Waals surface area contributed by atoms with Gasteiger partial charge in [0.05, 0.1) is 19.3 Å². The molecule has 0 amide bonds. The Morgan fingerprint density at radius 2 is 2.00 bits per heavy atom. The van der Waals surface area contributed by atoms with Gasteiger partial charge in [-0.2, -0.15) is 0 Å². The molecule has 1 N–H and O–H groups in total. The minimum atomic E-state index is 0.429. The highest BCUT2D eigenvalue weighted by Crippen LogP contribution is 2.34. The van der Waals surface area contributed by atoms with Crippen LogP contribution in [0.2, 0.25) is 0 Å². The van der Waals surface area contributed by atoms with Crippen molar-refractivity contribution in [3.63, 3.8) is 0 Å². The SMILES string of the molecule is COCc1ccccc1NC(COC)C1CC1. The number of ether oxygens (including phenoxy) is 2. The highest BCUT2D eigenvalue weighted by atomic mass is 16.5. The van der Waals surface area contributed by atoms with Gasteiger partial charge in [-0.15, -0.1) is 0 Å². The van der Waals surface area contributed by atoms with Crippen molar-refractivity contribution >= 4 is 5.69 Å². The second-order valence-electron chi connectivity index (χ2n) is 4.63. The summed E-state index contributed by atoms with van der Waals surface area (Å²) >= 11 is 0. The lowest BCUT2D eigenvalue weighted by molar-refractivity contribution is 0.178. The van der Waals surface area contributed by atoms with E-state index in [2.05, 4.69) is 23.5 Å². The molecular formula is C14H21NO2. The fraction of sp³-hybridized carbons (Fsp3) is 0.571. The molecule has 1 saturated carbocycles. The second kappa shape index (κ2) is 6.03. The summed E-state index contributed by atoms with van der Waals surface area (Å²) in [6.07, 6.45) is 2.63. The monoisotopic (exact) mass is 235 g/mol. The molecule has 1 unspecified atom stereocenters. The first-order chi connectivity index (χ1) is 8.35. The number of nitrogens with one attached hydrogen (secondary N) is 1. The predicted octanol–water partition coefficient (Wildman–Crippen LogP) is 2.67. The third kappa shape index (κ3) is 3.45. The summed E-state index contributed by atoms with van der Waals surface area (Å²) in [4.78, 5) is 0. The van der Waals surface area contributed by atoms with Gasteiger partial charge in [-0.05, 0) is 24.8 Å². The van der Waals surface area contributed by atoms with Crippen LogP contribution in [-0.2, 0) is 16.1 Å². The molecule has 1 atom stereocenters. The van der Waals surface area contributed by atoms with Crippen molar-refractivity contribution in [1.82, 2.24) is 0 Å². The maximum absolute atomic E-state index is 5.28. The third-order valence-electron chi connectivity index (χ3n) is 3.20. The van der Waals surface area contributed by atoms with Gasteiger partial charge in [-0.3, -0.25) is 0 Å². The van der Waals surface area contributed by atoms with E-state index in [0.717, 1.165) is 12.5 Å². The van der Waals surface area contributed by atoms with Crippen LogP contribution in [-0.4, -0.2) is 26.9 Å². The Labute approximate surface area is 103 Å². The molecular weight excluding hydrogens is 214 g/mol. The van der Waals surface area contributed by atoms with Crippen molar-refractivity contribution in [2.45, 2.75) is 25.5 Å². The van der Waals surface area contributed by atoms with Crippen molar-refractivity contribution in [2.75, 3.05) is 26.1 Å². The fourth-order valence-electron chi connectivity index (χ4n) is 2.12. The molecule has 0 saturated heterocycles. The van der Waals surface area contributed by atoms with Crippen molar-refractivity contribution in [3.05, 3.63) is 29.8 Å². The van der Waals surface area contributed by atoms with E-state index in [4.69, 9.17) is 9.47 Å². The molecule has 0 bridgehead atoms. The molecule has 17 heavy (non-hydrogen) atoms. The van der Waals surface area contributed by atoms with E-state index in [1.54, 1.807) is 14.2 Å². The predicted molar refractivity (Wildman–Crippen MR) is 69.2 cm³/mol. The molecule has 2 rings (SSSR count). The Morgan fingerprint density at radius 3 is 2.65 bits per heavy atom. The van der Waals surface area contributed by atoms with E-state index in [0.29, 0.717) is 12.6 Å². The summed E-state index contributed by atoms with van der Waals surface area (Å²) in [6, 6.07) is 8.74. The number of hydrogen-bond donors (Lipinski definition) is 1. The fourth-order valence-corrected chi connectivity index (χ4v) is 2.12. The molecule has 0 aromatic heterocycles. The van der Waals surface area contributed by atoms with Crippen LogP contribution in [0.3, 0.4) is 0 Å². The quantitative estimate of drug-likeness (QED) is 0.788. The van der Waals surface area contributed by atoms with Gasteiger partial charge in [0.25, 0.3) is 0 Å². The van der Waals surface area contributed by atoms with Crippen LogP contribution in [0.25, 0.3) is 0 Å². The van der Waals surface area contributed by atoms with Gasteiger partial charge < -0.3 is 14.8 Å². The van der Waals surface area contributed by atoms with Gasteiger partial charge >= 0.3 is 0 Å². The number of benzene rings is 1. The van der Waals surface area contributed by atoms with Gasteiger partial charge in [0.15, 0.2) is 0 Å². The zero-order chi connectivity index (χ0) is 12.1. The molecule has 0 spiro atoms. The van der Waals surface area contributed by atoms with Crippen molar-refractivity contribution in [2.24, 2.45) is 5.92 Å². The molecule has 1 aliphatic carbocycles. The molecule has 1 aromatic rings. The minimum absolute atomic E-state index is 0.429. The molecule has 94 valence electrons. The number of anilines is 1. The second-order valence-corrected chi connectivity index (χ2v) is 4.63. The van der Waals surface area contributed by atoms with E-state index >= 15 is 0 Å². The lowest BCUT2D eigenvalue weighted by Gasteiger charge is -2.20. The van der Waals surface area contributed by atoms with Crippen molar-refractivity contribution in [1.29, 1.82) is 0 Å². The van der Waals surface area contributed by atoms with Crippen LogP contribution >= 0.6 is 0 Å². The molecule has 0 heterocycles. The highest BCUT2D eigenvalue weighted by Gasteiger charge is 2.31. The summed E-state index contributed by atoms with van der Waals surface area (Å²) in [5.74, 6) is 0.769. The minimum Gasteiger partial charge on any atom is -0.383 e. The molecule has 1 aromatic carbocycles. The van der Waals surface area contributed by atoms with Crippen molar-refractivity contribution in [3.8, 4) is 0 Å². The van der Waals surface area contributed by atoms with Crippen molar-refractivity contribution < 1.29 is 9.47 Å². The molecule has 3 nitrogen and oxygen atoms in total. The maximum atomic E-state index is 5.28. The van der Waals surface area contributed by atoms with E-state index in [-0.39, 0.29) is 0 Å². The molecule has 0 aliphatic heterocycles. The molecule has 1 aliphatic rings. The van der Waals surface area contributed by atoms with E-state index < -0.39 is 0 Å². The zero-order valence-electron chi connectivity index (χ0n) is 10.6. The largest absolute Gasteiger partial charge is 0.383 e. The number of methoxy groups -OCH3 is 2. The lowest BCUT2D eigenvalue weighted by atomic mass is 10.1. The number of rotatable bonds is 7. The average Bonchev–Trinajstić information content (AvgIpc) is 3.15. The number of hydrogen-bond acceptors (Lipinski definition) is 3. The summed E-state index contributed by atoms with van der Waals surface area (Å²) in [6.45, 7) is 1.42. The van der Waals surface area contributed by atoms with Crippen LogP contribution in [0.4, 0.5) is 5.69 Å². The highest BCUT2D eigenvalue weighted by molar-refractivity contribution is 5.51. The standard InChI is InChI=1S/C14H21NO2/c1-16-9-12-5-3-4-6-13(12)15-14(10-17-2)11-7-8-11/h3-6,11,14-15H,7-10H2,1-2H3. The van der Waals surface area contributed by atoms with Gasteiger partial charge in [-0.1, -0.05) is 18.2 Å². The van der Waals surface area contributed by atoms with Crippen LogP contribution in [0.1, 0.15) is 18.4 Å². The normalized spacial score (nSPS) is 16.8. The van der Waals surface area contributed by atoms with Crippen LogP contribution < -0.4 is 5.32 Å². The first-order valence-electron chi connectivity index (χ1n) is 6.17. The Kier molecular flexibility index (Phi) is 4.40. The first-order valence-corrected chi connectivity index (χ1v) is 6.17. The summed E-state index contributed by atoms with van der Waals surface area (Å²) in [7, 11) is 3.49. The average molecular weight is 235 g/mol. The third-order valence-corrected chi connectivity index (χ3v) is 3.20.